The molecule has 2 N–H and O–H groups in total. The number of rotatable bonds is 4. The Hall–Kier alpha value is -1.06. The topological polar surface area (TPSA) is 41.5 Å². The van der Waals surface area contributed by atoms with E-state index in [1.54, 1.807) is 7.11 Å². The van der Waals surface area contributed by atoms with Gasteiger partial charge in [-0.05, 0) is 30.6 Å². The highest BCUT2D eigenvalue weighted by molar-refractivity contribution is 5.37. The summed E-state index contributed by atoms with van der Waals surface area (Å²) in [6, 6.07) is 7.94. The van der Waals surface area contributed by atoms with Crippen molar-refractivity contribution in [1.29, 1.82) is 0 Å². The summed E-state index contributed by atoms with van der Waals surface area (Å²) in [6.45, 7) is 2.17. The van der Waals surface area contributed by atoms with Crippen molar-refractivity contribution >= 4 is 0 Å². The molecule has 1 aliphatic rings. The number of hydrogen-bond acceptors (Lipinski definition) is 3. The molecule has 0 radical (unpaired) electrons. The lowest BCUT2D eigenvalue weighted by Crippen LogP contribution is -2.46. The number of benzene rings is 1. The summed E-state index contributed by atoms with van der Waals surface area (Å²) in [5, 5.41) is 12.7. The molecule has 1 aliphatic heterocycles. The summed E-state index contributed by atoms with van der Waals surface area (Å²) in [4.78, 5) is 0. The van der Waals surface area contributed by atoms with Crippen LogP contribution in [-0.4, -0.2) is 31.9 Å². The van der Waals surface area contributed by atoms with Gasteiger partial charge in [0.15, 0.2) is 0 Å². The highest BCUT2D eigenvalue weighted by Gasteiger charge is 2.29. The zero-order valence-corrected chi connectivity index (χ0v) is 8.94. The van der Waals surface area contributed by atoms with Crippen molar-refractivity contribution in [1.82, 2.24) is 5.32 Å². The molecule has 1 heterocycles. The highest BCUT2D eigenvalue weighted by Crippen LogP contribution is 2.33. The average Bonchev–Trinajstić information content (AvgIpc) is 2.23. The smallest absolute Gasteiger partial charge is 0.122 e. The third kappa shape index (κ3) is 1.98. The van der Waals surface area contributed by atoms with E-state index in [1.807, 2.05) is 24.3 Å². The summed E-state index contributed by atoms with van der Waals surface area (Å²) < 4.78 is 5.32. The minimum absolute atomic E-state index is 0.187. The highest BCUT2D eigenvalue weighted by atomic mass is 16.5. The first kappa shape index (κ1) is 10.5. The van der Waals surface area contributed by atoms with Gasteiger partial charge in [-0.2, -0.15) is 0 Å². The fraction of sp³-hybridized carbons (Fsp3) is 0.500. The van der Waals surface area contributed by atoms with Crippen molar-refractivity contribution in [2.24, 2.45) is 5.92 Å². The molecule has 2 rings (SSSR count). The molecular formula is C12H17NO2. The van der Waals surface area contributed by atoms with Gasteiger partial charge >= 0.3 is 0 Å². The molecule has 0 amide bonds. The van der Waals surface area contributed by atoms with Crippen molar-refractivity contribution in [2.45, 2.75) is 5.92 Å². The summed E-state index contributed by atoms with van der Waals surface area (Å²) in [5.41, 5.74) is 1.12. The Bertz CT molecular complexity index is 323. The Labute approximate surface area is 90.1 Å². The maximum Gasteiger partial charge on any atom is 0.122 e. The van der Waals surface area contributed by atoms with Crippen LogP contribution in [0.5, 0.6) is 5.75 Å². The maximum atomic E-state index is 9.45. The predicted molar refractivity (Wildman–Crippen MR) is 59.2 cm³/mol. The molecule has 1 unspecified atom stereocenters. The van der Waals surface area contributed by atoms with Crippen molar-refractivity contribution in [3.63, 3.8) is 0 Å². The van der Waals surface area contributed by atoms with Crippen LogP contribution in [0, 0.1) is 5.92 Å². The molecule has 1 atom stereocenters. The third-order valence-electron chi connectivity index (χ3n) is 3.12. The van der Waals surface area contributed by atoms with Gasteiger partial charge < -0.3 is 15.2 Å². The molecule has 1 aromatic carbocycles. The number of para-hydroxylation sites is 1. The lowest BCUT2D eigenvalue weighted by molar-refractivity contribution is 0.186. The Balaban J connectivity index is 2.24. The standard InChI is InChI=1S/C12H17NO2/c1-15-12-5-3-2-4-10(12)11(8-14)9-6-13-7-9/h2-5,9,11,13-14H,6-8H2,1H3. The molecular weight excluding hydrogens is 190 g/mol. The van der Waals surface area contributed by atoms with E-state index in [4.69, 9.17) is 4.74 Å². The fourth-order valence-electron chi connectivity index (χ4n) is 2.07. The van der Waals surface area contributed by atoms with E-state index in [0.29, 0.717) is 5.92 Å². The van der Waals surface area contributed by atoms with Gasteiger partial charge in [0.2, 0.25) is 0 Å². The van der Waals surface area contributed by atoms with Gasteiger partial charge in [0.25, 0.3) is 0 Å². The first-order valence-electron chi connectivity index (χ1n) is 5.31. The van der Waals surface area contributed by atoms with Crippen LogP contribution in [-0.2, 0) is 0 Å². The van der Waals surface area contributed by atoms with Crippen LogP contribution in [0.2, 0.25) is 0 Å². The van der Waals surface area contributed by atoms with E-state index < -0.39 is 0 Å². The van der Waals surface area contributed by atoms with E-state index in [2.05, 4.69) is 5.32 Å². The lowest BCUT2D eigenvalue weighted by Gasteiger charge is -2.34. The number of ether oxygens (including phenoxy) is 1. The van der Waals surface area contributed by atoms with Gasteiger partial charge in [0.05, 0.1) is 13.7 Å². The van der Waals surface area contributed by atoms with Gasteiger partial charge in [0, 0.05) is 5.92 Å². The summed E-state index contributed by atoms with van der Waals surface area (Å²) in [5.74, 6) is 1.61. The van der Waals surface area contributed by atoms with Crippen LogP contribution in [0.25, 0.3) is 0 Å². The van der Waals surface area contributed by atoms with Gasteiger partial charge in [-0.25, -0.2) is 0 Å². The fourth-order valence-corrected chi connectivity index (χ4v) is 2.07. The van der Waals surface area contributed by atoms with Crippen molar-refractivity contribution in [3.8, 4) is 5.75 Å². The first-order valence-corrected chi connectivity index (χ1v) is 5.31. The Morgan fingerprint density at radius 3 is 2.73 bits per heavy atom. The molecule has 1 aromatic rings. The van der Waals surface area contributed by atoms with E-state index in [9.17, 15) is 5.11 Å². The number of hydrogen-bond donors (Lipinski definition) is 2. The molecule has 1 saturated heterocycles. The van der Waals surface area contributed by atoms with Crippen LogP contribution in [0.3, 0.4) is 0 Å². The number of aliphatic hydroxyl groups excluding tert-OH is 1. The largest absolute Gasteiger partial charge is 0.496 e. The minimum atomic E-state index is 0.187. The second kappa shape index (κ2) is 4.64. The monoisotopic (exact) mass is 207 g/mol. The first-order chi connectivity index (χ1) is 7.36. The molecule has 0 aromatic heterocycles. The molecule has 3 nitrogen and oxygen atoms in total. The van der Waals surface area contributed by atoms with Gasteiger partial charge in [-0.15, -0.1) is 0 Å². The Morgan fingerprint density at radius 2 is 2.20 bits per heavy atom. The average molecular weight is 207 g/mol. The van der Waals surface area contributed by atoms with Gasteiger partial charge in [0.1, 0.15) is 5.75 Å². The van der Waals surface area contributed by atoms with Crippen LogP contribution in [0.4, 0.5) is 0 Å². The van der Waals surface area contributed by atoms with Gasteiger partial charge in [-0.3, -0.25) is 0 Å². The van der Waals surface area contributed by atoms with E-state index >= 15 is 0 Å². The maximum absolute atomic E-state index is 9.45. The zero-order chi connectivity index (χ0) is 10.7. The molecule has 0 saturated carbocycles. The normalized spacial score (nSPS) is 18.3. The number of methoxy groups -OCH3 is 1. The van der Waals surface area contributed by atoms with Crippen molar-refractivity contribution < 1.29 is 9.84 Å². The minimum Gasteiger partial charge on any atom is -0.496 e. The number of nitrogens with one attached hydrogen (secondary N) is 1. The molecule has 0 bridgehead atoms. The van der Waals surface area contributed by atoms with Crippen LogP contribution < -0.4 is 10.1 Å². The van der Waals surface area contributed by atoms with E-state index in [1.165, 1.54) is 0 Å². The van der Waals surface area contributed by atoms with Crippen LogP contribution in [0.15, 0.2) is 24.3 Å². The molecule has 1 fully saturated rings. The Morgan fingerprint density at radius 1 is 1.47 bits per heavy atom. The summed E-state index contributed by atoms with van der Waals surface area (Å²) in [7, 11) is 1.67. The Kier molecular flexibility index (Phi) is 3.23. The third-order valence-corrected chi connectivity index (χ3v) is 3.12. The molecule has 82 valence electrons. The SMILES string of the molecule is COc1ccccc1C(CO)C1CNC1. The second-order valence-corrected chi connectivity index (χ2v) is 3.95. The molecule has 15 heavy (non-hydrogen) atoms. The van der Waals surface area contributed by atoms with Crippen LogP contribution in [0.1, 0.15) is 11.5 Å². The van der Waals surface area contributed by atoms with Crippen LogP contribution >= 0.6 is 0 Å². The van der Waals surface area contributed by atoms with E-state index in [0.717, 1.165) is 24.4 Å². The number of aliphatic hydroxyl groups is 1. The second-order valence-electron chi connectivity index (χ2n) is 3.95. The predicted octanol–water partition coefficient (Wildman–Crippen LogP) is 0.990. The summed E-state index contributed by atoms with van der Waals surface area (Å²) >= 11 is 0. The van der Waals surface area contributed by atoms with Crippen molar-refractivity contribution in [2.75, 3.05) is 26.8 Å². The molecule has 3 heteroatoms. The van der Waals surface area contributed by atoms with Crippen molar-refractivity contribution in [3.05, 3.63) is 29.8 Å². The van der Waals surface area contributed by atoms with E-state index in [-0.39, 0.29) is 12.5 Å². The lowest BCUT2D eigenvalue weighted by atomic mass is 9.82. The molecule has 0 spiro atoms. The quantitative estimate of drug-likeness (QED) is 0.773. The zero-order valence-electron chi connectivity index (χ0n) is 8.94. The summed E-state index contributed by atoms with van der Waals surface area (Å²) in [6.07, 6.45) is 0. The molecule has 0 aliphatic carbocycles. The van der Waals surface area contributed by atoms with Gasteiger partial charge in [-0.1, -0.05) is 18.2 Å².